The summed E-state index contributed by atoms with van der Waals surface area (Å²) in [6.45, 7) is 1.10. The molecule has 0 radical (unpaired) electrons. The zero-order chi connectivity index (χ0) is 13.4. The summed E-state index contributed by atoms with van der Waals surface area (Å²) in [5, 5.41) is 11.5. The Morgan fingerprint density at radius 2 is 2.33 bits per heavy atom. The van der Waals surface area contributed by atoms with Crippen molar-refractivity contribution in [1.29, 1.82) is 0 Å². The van der Waals surface area contributed by atoms with Crippen LogP contribution >= 0.6 is 0 Å². The molecule has 0 aliphatic rings. The van der Waals surface area contributed by atoms with E-state index in [2.05, 4.69) is 22.1 Å². The Bertz CT molecular complexity index is 461. The third-order valence-corrected chi connectivity index (χ3v) is 2.21. The van der Waals surface area contributed by atoms with Gasteiger partial charge in [-0.15, -0.1) is 0 Å². The number of aliphatic hydroxyl groups excluding tert-OH is 1. The fourth-order valence-corrected chi connectivity index (χ4v) is 1.32. The van der Waals surface area contributed by atoms with Crippen LogP contribution in [0.15, 0.2) is 18.5 Å². The standard InChI is InChI=1S/C13H17N3O2/c1-16(2)8-7-15-13(18)12-5-6-14-10-11(12)4-3-9-17/h5-6,10,17H,7-9H2,1-2H3,(H,15,18). The smallest absolute Gasteiger partial charge is 0.252 e. The third kappa shape index (κ3) is 4.53. The summed E-state index contributed by atoms with van der Waals surface area (Å²) < 4.78 is 0. The Labute approximate surface area is 107 Å². The second-order valence-corrected chi connectivity index (χ2v) is 3.94. The summed E-state index contributed by atoms with van der Waals surface area (Å²) in [5.74, 6) is 5.04. The first kappa shape index (κ1) is 14.2. The third-order valence-electron chi connectivity index (χ3n) is 2.21. The molecule has 1 aromatic rings. The van der Waals surface area contributed by atoms with Crippen molar-refractivity contribution in [2.45, 2.75) is 0 Å². The molecule has 0 spiro atoms. The highest BCUT2D eigenvalue weighted by Crippen LogP contribution is 2.04. The van der Waals surface area contributed by atoms with E-state index in [4.69, 9.17) is 5.11 Å². The Kier molecular flexibility index (Phi) is 5.85. The number of likely N-dealkylation sites (N-methyl/N-ethyl adjacent to an activating group) is 1. The predicted molar refractivity (Wildman–Crippen MR) is 69.1 cm³/mol. The number of aromatic nitrogens is 1. The first-order valence-corrected chi connectivity index (χ1v) is 5.62. The van der Waals surface area contributed by atoms with E-state index < -0.39 is 0 Å². The number of aliphatic hydroxyl groups is 1. The summed E-state index contributed by atoms with van der Waals surface area (Å²) in [6, 6.07) is 1.62. The van der Waals surface area contributed by atoms with Gasteiger partial charge >= 0.3 is 0 Å². The van der Waals surface area contributed by atoms with Crippen molar-refractivity contribution >= 4 is 5.91 Å². The molecule has 1 heterocycles. The summed E-state index contributed by atoms with van der Waals surface area (Å²) in [4.78, 5) is 17.8. The molecule has 0 fully saturated rings. The average molecular weight is 247 g/mol. The fraction of sp³-hybridized carbons (Fsp3) is 0.385. The van der Waals surface area contributed by atoms with E-state index in [9.17, 15) is 4.79 Å². The van der Waals surface area contributed by atoms with Crippen molar-refractivity contribution in [1.82, 2.24) is 15.2 Å². The van der Waals surface area contributed by atoms with E-state index >= 15 is 0 Å². The van der Waals surface area contributed by atoms with Gasteiger partial charge in [-0.05, 0) is 20.2 Å². The molecule has 0 saturated heterocycles. The van der Waals surface area contributed by atoms with Gasteiger partial charge in [-0.2, -0.15) is 0 Å². The van der Waals surface area contributed by atoms with Crippen molar-refractivity contribution < 1.29 is 9.90 Å². The largest absolute Gasteiger partial charge is 0.384 e. The first-order chi connectivity index (χ1) is 8.65. The maximum atomic E-state index is 11.9. The normalized spacial score (nSPS) is 9.78. The Morgan fingerprint density at radius 1 is 1.56 bits per heavy atom. The Morgan fingerprint density at radius 3 is 3.00 bits per heavy atom. The second-order valence-electron chi connectivity index (χ2n) is 3.94. The van der Waals surface area contributed by atoms with Crippen LogP contribution in [-0.4, -0.2) is 54.7 Å². The number of nitrogens with one attached hydrogen (secondary N) is 1. The number of carbonyl (C=O) groups excluding carboxylic acids is 1. The highest BCUT2D eigenvalue weighted by Gasteiger charge is 2.09. The van der Waals surface area contributed by atoms with Gasteiger partial charge in [0.15, 0.2) is 0 Å². The van der Waals surface area contributed by atoms with Crippen molar-refractivity contribution in [2.24, 2.45) is 0 Å². The Hall–Kier alpha value is -1.90. The molecular formula is C13H17N3O2. The van der Waals surface area contributed by atoms with Crippen LogP contribution in [0.5, 0.6) is 0 Å². The number of nitrogens with zero attached hydrogens (tertiary/aromatic N) is 2. The molecule has 1 rings (SSSR count). The Balaban J connectivity index is 2.73. The van der Waals surface area contributed by atoms with Crippen LogP contribution in [0.25, 0.3) is 0 Å². The van der Waals surface area contributed by atoms with Crippen LogP contribution in [0.3, 0.4) is 0 Å². The van der Waals surface area contributed by atoms with Crippen LogP contribution < -0.4 is 5.32 Å². The van der Waals surface area contributed by atoms with Crippen LogP contribution in [0.2, 0.25) is 0 Å². The molecule has 0 saturated carbocycles. The van der Waals surface area contributed by atoms with Crippen molar-refractivity contribution in [3.05, 3.63) is 29.6 Å². The van der Waals surface area contributed by atoms with Crippen LogP contribution in [0.1, 0.15) is 15.9 Å². The molecule has 0 unspecified atom stereocenters. The quantitative estimate of drug-likeness (QED) is 0.718. The number of rotatable bonds is 4. The number of carbonyl (C=O) groups is 1. The van der Waals surface area contributed by atoms with Gasteiger partial charge in [-0.25, -0.2) is 0 Å². The number of amides is 1. The molecule has 1 aromatic heterocycles. The lowest BCUT2D eigenvalue weighted by molar-refractivity contribution is 0.0950. The minimum absolute atomic E-state index is 0.179. The van der Waals surface area contributed by atoms with Gasteiger partial charge in [0.05, 0.1) is 11.1 Å². The molecule has 18 heavy (non-hydrogen) atoms. The van der Waals surface area contributed by atoms with Gasteiger partial charge in [0.25, 0.3) is 5.91 Å². The number of hydrogen-bond donors (Lipinski definition) is 2. The molecule has 5 heteroatoms. The van der Waals surface area contributed by atoms with E-state index in [1.165, 1.54) is 6.20 Å². The molecule has 0 atom stereocenters. The van der Waals surface area contributed by atoms with Gasteiger partial charge in [0.1, 0.15) is 6.61 Å². The summed E-state index contributed by atoms with van der Waals surface area (Å²) in [7, 11) is 3.88. The summed E-state index contributed by atoms with van der Waals surface area (Å²) in [5.41, 5.74) is 0.999. The number of hydrogen-bond acceptors (Lipinski definition) is 4. The van der Waals surface area contributed by atoms with Crippen molar-refractivity contribution in [2.75, 3.05) is 33.8 Å². The second kappa shape index (κ2) is 7.43. The van der Waals surface area contributed by atoms with Crippen molar-refractivity contribution in [3.8, 4) is 11.8 Å². The zero-order valence-electron chi connectivity index (χ0n) is 10.6. The average Bonchev–Trinajstić information content (AvgIpc) is 2.36. The fourth-order valence-electron chi connectivity index (χ4n) is 1.32. The highest BCUT2D eigenvalue weighted by atomic mass is 16.2. The lowest BCUT2D eigenvalue weighted by atomic mass is 10.1. The topological polar surface area (TPSA) is 65.5 Å². The maximum absolute atomic E-state index is 11.9. The van der Waals surface area contributed by atoms with E-state index in [1.54, 1.807) is 12.3 Å². The van der Waals surface area contributed by atoms with Crippen molar-refractivity contribution in [3.63, 3.8) is 0 Å². The van der Waals surface area contributed by atoms with Crippen LogP contribution in [-0.2, 0) is 0 Å². The highest BCUT2D eigenvalue weighted by molar-refractivity contribution is 5.96. The van der Waals surface area contributed by atoms with Gasteiger partial charge < -0.3 is 15.3 Å². The molecule has 96 valence electrons. The molecule has 0 aromatic carbocycles. The molecule has 1 amide bonds. The van der Waals surface area contributed by atoms with Gasteiger partial charge in [0, 0.05) is 25.5 Å². The van der Waals surface area contributed by atoms with E-state index in [1.807, 2.05) is 19.0 Å². The number of pyridine rings is 1. The summed E-state index contributed by atoms with van der Waals surface area (Å²) in [6.07, 6.45) is 3.06. The van der Waals surface area contributed by atoms with Gasteiger partial charge in [-0.1, -0.05) is 11.8 Å². The molecule has 0 aliphatic carbocycles. The lowest BCUT2D eigenvalue weighted by Crippen LogP contribution is -2.31. The van der Waals surface area contributed by atoms with E-state index in [-0.39, 0.29) is 12.5 Å². The molecule has 2 N–H and O–H groups in total. The van der Waals surface area contributed by atoms with Crippen LogP contribution in [0.4, 0.5) is 0 Å². The summed E-state index contributed by atoms with van der Waals surface area (Å²) >= 11 is 0. The first-order valence-electron chi connectivity index (χ1n) is 5.62. The van der Waals surface area contributed by atoms with E-state index in [0.717, 1.165) is 6.54 Å². The minimum Gasteiger partial charge on any atom is -0.384 e. The van der Waals surface area contributed by atoms with Gasteiger partial charge in [-0.3, -0.25) is 9.78 Å². The molecular weight excluding hydrogens is 230 g/mol. The predicted octanol–water partition coefficient (Wildman–Crippen LogP) is -0.283. The van der Waals surface area contributed by atoms with Crippen LogP contribution in [0, 0.1) is 11.8 Å². The van der Waals surface area contributed by atoms with E-state index in [0.29, 0.717) is 17.7 Å². The monoisotopic (exact) mass is 247 g/mol. The molecule has 0 bridgehead atoms. The molecule has 0 aliphatic heterocycles. The molecule has 5 nitrogen and oxygen atoms in total. The van der Waals surface area contributed by atoms with Gasteiger partial charge in [0.2, 0.25) is 0 Å². The zero-order valence-corrected chi connectivity index (χ0v) is 10.6. The minimum atomic E-state index is -0.240. The lowest BCUT2D eigenvalue weighted by Gasteiger charge is -2.10. The maximum Gasteiger partial charge on any atom is 0.252 e. The SMILES string of the molecule is CN(C)CCNC(=O)c1ccncc1C#CCO.